The van der Waals surface area contributed by atoms with Crippen molar-refractivity contribution in [1.29, 1.82) is 0 Å². The van der Waals surface area contributed by atoms with Crippen LogP contribution in [0.5, 0.6) is 0 Å². The number of halogens is 1. The van der Waals surface area contributed by atoms with Crippen molar-refractivity contribution in [3.05, 3.63) is 29.3 Å². The summed E-state index contributed by atoms with van der Waals surface area (Å²) in [5, 5.41) is 0. The third-order valence-corrected chi connectivity index (χ3v) is 2.51. The number of anilines is 1. The molecular weight excluding hydrogens is 211 g/mol. The largest absolute Gasteiger partial charge is 0.399 e. The lowest BCUT2D eigenvalue weighted by atomic mass is 10.1. The van der Waals surface area contributed by atoms with Crippen LogP contribution in [0.25, 0.3) is 0 Å². The number of nitrogens with two attached hydrogens (primary N) is 1. The van der Waals surface area contributed by atoms with Crippen molar-refractivity contribution in [2.45, 2.75) is 6.42 Å². The average Bonchev–Trinajstić information content (AvgIpc) is 2.50. The minimum Gasteiger partial charge on any atom is -0.399 e. The summed E-state index contributed by atoms with van der Waals surface area (Å²) >= 11 is 0. The van der Waals surface area contributed by atoms with Gasteiger partial charge in [-0.2, -0.15) is 0 Å². The fraction of sp³-hybridized carbons (Fsp3) is 0.273. The number of fused-ring (bicyclic) bond motifs is 1. The molecule has 1 aromatic carbocycles. The molecule has 0 radical (unpaired) electrons. The Balaban J connectivity index is 2.33. The molecule has 1 heterocycles. The van der Waals surface area contributed by atoms with Gasteiger partial charge in [0.2, 0.25) is 0 Å². The number of carbonyl (C=O) groups excluding carboxylic acids is 2. The van der Waals surface area contributed by atoms with Crippen LogP contribution in [-0.2, 0) is 0 Å². The number of hydrogen-bond donors (Lipinski definition) is 1. The fourth-order valence-electron chi connectivity index (χ4n) is 1.73. The van der Waals surface area contributed by atoms with Crippen molar-refractivity contribution >= 4 is 17.5 Å². The molecule has 5 heteroatoms. The van der Waals surface area contributed by atoms with Gasteiger partial charge in [-0.1, -0.05) is 0 Å². The number of imide groups is 1. The number of hydrogen-bond acceptors (Lipinski definition) is 3. The second-order valence-electron chi connectivity index (χ2n) is 3.61. The van der Waals surface area contributed by atoms with Gasteiger partial charge in [-0.3, -0.25) is 18.9 Å². The highest BCUT2D eigenvalue weighted by atomic mass is 19.1. The van der Waals surface area contributed by atoms with Gasteiger partial charge in [-0.25, -0.2) is 0 Å². The number of nitrogen functional groups attached to an aromatic ring is 1. The molecule has 0 aliphatic carbocycles. The summed E-state index contributed by atoms with van der Waals surface area (Å²) in [7, 11) is 0. The first-order chi connectivity index (χ1) is 7.65. The lowest BCUT2D eigenvalue weighted by Crippen LogP contribution is -2.30. The molecule has 16 heavy (non-hydrogen) atoms. The Bertz CT molecular complexity index is 459. The summed E-state index contributed by atoms with van der Waals surface area (Å²) < 4.78 is 12.0. The number of benzene rings is 1. The predicted octanol–water partition coefficient (Wildman–Crippen LogP) is 1.22. The van der Waals surface area contributed by atoms with Gasteiger partial charge in [0, 0.05) is 12.2 Å². The molecule has 0 fully saturated rings. The van der Waals surface area contributed by atoms with E-state index in [4.69, 9.17) is 5.73 Å². The van der Waals surface area contributed by atoms with E-state index in [1.165, 1.54) is 12.1 Å². The second kappa shape index (κ2) is 3.92. The van der Waals surface area contributed by atoms with Gasteiger partial charge >= 0.3 is 0 Å². The lowest BCUT2D eigenvalue weighted by molar-refractivity contribution is 0.0650. The van der Waals surface area contributed by atoms with Crippen LogP contribution in [0.15, 0.2) is 18.2 Å². The zero-order chi connectivity index (χ0) is 11.7. The molecule has 0 saturated heterocycles. The summed E-state index contributed by atoms with van der Waals surface area (Å²) in [5.41, 5.74) is 6.63. The van der Waals surface area contributed by atoms with E-state index in [1.807, 2.05) is 0 Å². The summed E-state index contributed by atoms with van der Waals surface area (Å²) in [6, 6.07) is 4.58. The van der Waals surface area contributed by atoms with Crippen LogP contribution in [0.3, 0.4) is 0 Å². The van der Waals surface area contributed by atoms with E-state index >= 15 is 0 Å². The minimum absolute atomic E-state index is 0.114. The van der Waals surface area contributed by atoms with Crippen molar-refractivity contribution in [1.82, 2.24) is 4.90 Å². The Hall–Kier alpha value is -1.91. The molecule has 0 unspecified atom stereocenters. The van der Waals surface area contributed by atoms with Crippen molar-refractivity contribution in [3.8, 4) is 0 Å². The molecule has 0 saturated carbocycles. The van der Waals surface area contributed by atoms with E-state index in [-0.39, 0.29) is 24.8 Å². The zero-order valence-corrected chi connectivity index (χ0v) is 8.57. The molecule has 2 rings (SSSR count). The summed E-state index contributed by atoms with van der Waals surface area (Å²) in [6.07, 6.45) is 0.168. The smallest absolute Gasteiger partial charge is 0.261 e. The average molecular weight is 222 g/mol. The molecule has 0 spiro atoms. The molecule has 4 nitrogen and oxygen atoms in total. The molecule has 0 bridgehead atoms. The molecular formula is C11H11FN2O2. The fourth-order valence-corrected chi connectivity index (χ4v) is 1.73. The van der Waals surface area contributed by atoms with Crippen molar-refractivity contribution in [2.24, 2.45) is 0 Å². The first-order valence-electron chi connectivity index (χ1n) is 4.97. The Morgan fingerprint density at radius 1 is 1.19 bits per heavy atom. The third-order valence-electron chi connectivity index (χ3n) is 2.51. The predicted molar refractivity (Wildman–Crippen MR) is 56.8 cm³/mol. The maximum Gasteiger partial charge on any atom is 0.261 e. The highest BCUT2D eigenvalue weighted by molar-refractivity contribution is 6.21. The molecule has 1 aromatic rings. The van der Waals surface area contributed by atoms with Crippen LogP contribution in [0, 0.1) is 0 Å². The summed E-state index contributed by atoms with van der Waals surface area (Å²) in [5.74, 6) is -0.755. The number of nitrogens with zero attached hydrogens (tertiary/aromatic N) is 1. The monoisotopic (exact) mass is 222 g/mol. The molecule has 2 N–H and O–H groups in total. The van der Waals surface area contributed by atoms with Crippen LogP contribution < -0.4 is 5.73 Å². The second-order valence-corrected chi connectivity index (χ2v) is 3.61. The Morgan fingerprint density at radius 3 is 2.56 bits per heavy atom. The Labute approximate surface area is 91.8 Å². The Kier molecular flexibility index (Phi) is 2.60. The SMILES string of the molecule is Nc1ccc2c(c1)C(=O)N(CCCF)C2=O. The van der Waals surface area contributed by atoms with E-state index < -0.39 is 6.67 Å². The van der Waals surface area contributed by atoms with Gasteiger partial charge in [0.25, 0.3) is 11.8 Å². The topological polar surface area (TPSA) is 63.4 Å². The van der Waals surface area contributed by atoms with Crippen molar-refractivity contribution in [2.75, 3.05) is 19.0 Å². The minimum atomic E-state index is -0.546. The maximum absolute atomic E-state index is 12.0. The van der Waals surface area contributed by atoms with Crippen molar-refractivity contribution in [3.63, 3.8) is 0 Å². The van der Waals surface area contributed by atoms with Crippen LogP contribution in [0.1, 0.15) is 27.1 Å². The van der Waals surface area contributed by atoms with Gasteiger partial charge in [0.05, 0.1) is 17.8 Å². The standard InChI is InChI=1S/C11H11FN2O2/c12-4-1-5-14-10(15)8-3-2-7(13)6-9(8)11(14)16/h2-3,6H,1,4-5,13H2. The molecule has 1 aliphatic heterocycles. The normalized spacial score (nSPS) is 14.4. The summed E-state index contributed by atoms with van der Waals surface area (Å²) in [4.78, 5) is 24.6. The number of amides is 2. The molecule has 0 atom stereocenters. The molecule has 84 valence electrons. The lowest BCUT2D eigenvalue weighted by Gasteiger charge is -2.11. The van der Waals surface area contributed by atoms with Gasteiger partial charge in [-0.15, -0.1) is 0 Å². The zero-order valence-electron chi connectivity index (χ0n) is 8.57. The van der Waals surface area contributed by atoms with Crippen LogP contribution in [0.4, 0.5) is 10.1 Å². The number of alkyl halides is 1. The molecule has 2 amide bonds. The number of rotatable bonds is 3. The highest BCUT2D eigenvalue weighted by Crippen LogP contribution is 2.24. The van der Waals surface area contributed by atoms with Gasteiger partial charge in [0.15, 0.2) is 0 Å². The Morgan fingerprint density at radius 2 is 1.88 bits per heavy atom. The van der Waals surface area contributed by atoms with E-state index in [2.05, 4.69) is 0 Å². The van der Waals surface area contributed by atoms with E-state index in [0.717, 1.165) is 4.90 Å². The maximum atomic E-state index is 12.0. The summed E-state index contributed by atoms with van der Waals surface area (Å²) in [6.45, 7) is -0.432. The third kappa shape index (κ3) is 1.54. The molecule has 0 aromatic heterocycles. The van der Waals surface area contributed by atoms with Gasteiger partial charge in [0.1, 0.15) is 0 Å². The van der Waals surface area contributed by atoms with E-state index in [9.17, 15) is 14.0 Å². The highest BCUT2D eigenvalue weighted by Gasteiger charge is 2.34. The van der Waals surface area contributed by atoms with Crippen molar-refractivity contribution < 1.29 is 14.0 Å². The molecule has 1 aliphatic rings. The van der Waals surface area contributed by atoms with Gasteiger partial charge < -0.3 is 5.73 Å². The van der Waals surface area contributed by atoms with Crippen LogP contribution in [0.2, 0.25) is 0 Å². The van der Waals surface area contributed by atoms with Crippen LogP contribution in [-0.4, -0.2) is 29.9 Å². The van der Waals surface area contributed by atoms with Gasteiger partial charge in [-0.05, 0) is 24.6 Å². The first kappa shape index (κ1) is 10.6. The van der Waals surface area contributed by atoms with Crippen LogP contribution >= 0.6 is 0 Å². The van der Waals surface area contributed by atoms with E-state index in [0.29, 0.717) is 16.8 Å². The first-order valence-corrected chi connectivity index (χ1v) is 4.97. The number of carbonyl (C=O) groups is 2. The quantitative estimate of drug-likeness (QED) is 0.617. The van der Waals surface area contributed by atoms with E-state index in [1.54, 1.807) is 6.07 Å².